The number of thioether (sulfide) groups is 1. The monoisotopic (exact) mass is 422 g/mol. The summed E-state index contributed by atoms with van der Waals surface area (Å²) in [7, 11) is 0. The number of imidazole rings is 1. The van der Waals surface area contributed by atoms with Crippen molar-refractivity contribution in [2.45, 2.75) is 19.0 Å². The van der Waals surface area contributed by atoms with Crippen molar-refractivity contribution in [1.82, 2.24) is 14.5 Å². The van der Waals surface area contributed by atoms with E-state index in [-0.39, 0.29) is 11.7 Å². The lowest BCUT2D eigenvalue weighted by atomic mass is 10.1. The predicted octanol–water partition coefficient (Wildman–Crippen LogP) is 3.64. The minimum absolute atomic E-state index is 0.140. The molecule has 1 N–H and O–H groups in total. The van der Waals surface area contributed by atoms with Crippen LogP contribution in [0.3, 0.4) is 0 Å². The summed E-state index contributed by atoms with van der Waals surface area (Å²) in [5, 5.41) is 10.3. The summed E-state index contributed by atoms with van der Waals surface area (Å²) >= 11 is 1.48. The van der Waals surface area contributed by atoms with Crippen LogP contribution in [0.25, 0.3) is 5.69 Å². The normalized spacial score (nSPS) is 14.2. The lowest BCUT2D eigenvalue weighted by molar-refractivity contribution is -0.128. The Morgan fingerprint density at radius 3 is 2.53 bits per heavy atom. The summed E-state index contributed by atoms with van der Waals surface area (Å²) in [5.74, 6) is 0.783. The van der Waals surface area contributed by atoms with Gasteiger partial charge in [-0.1, -0.05) is 23.9 Å². The lowest BCUT2D eigenvalue weighted by Gasteiger charge is -2.36. The van der Waals surface area contributed by atoms with Crippen LogP contribution in [-0.4, -0.2) is 57.4 Å². The molecule has 1 aliphatic rings. The topological polar surface area (TPSA) is 61.6 Å². The van der Waals surface area contributed by atoms with Crippen molar-refractivity contribution in [3.8, 4) is 11.4 Å². The molecule has 4 rings (SSSR count). The molecule has 2 aromatic carbocycles. The minimum Gasteiger partial charge on any atom is -0.508 e. The van der Waals surface area contributed by atoms with E-state index in [0.717, 1.165) is 29.6 Å². The number of phenolic OH excluding ortho intramolecular Hbond substituents is 1. The first-order chi connectivity index (χ1) is 14.5. The molecule has 0 unspecified atom stereocenters. The molecule has 7 heteroatoms. The van der Waals surface area contributed by atoms with Crippen molar-refractivity contribution >= 4 is 23.4 Å². The predicted molar refractivity (Wildman–Crippen MR) is 121 cm³/mol. The summed E-state index contributed by atoms with van der Waals surface area (Å²) in [6.45, 7) is 7.14. The lowest BCUT2D eigenvalue weighted by Crippen LogP contribution is -2.49. The third kappa shape index (κ3) is 4.46. The third-order valence-electron chi connectivity index (χ3n) is 5.40. The molecule has 30 heavy (non-hydrogen) atoms. The first-order valence-corrected chi connectivity index (χ1v) is 11.1. The Labute approximate surface area is 181 Å². The maximum atomic E-state index is 12.8. The molecule has 0 spiro atoms. The van der Waals surface area contributed by atoms with E-state index in [2.05, 4.69) is 46.5 Å². The number of nitrogens with zero attached hydrogens (tertiary/aromatic N) is 4. The fraction of sp³-hybridized carbons (Fsp3) is 0.304. The first kappa shape index (κ1) is 20.3. The van der Waals surface area contributed by atoms with Crippen molar-refractivity contribution in [3.63, 3.8) is 0 Å². The van der Waals surface area contributed by atoms with Crippen LogP contribution in [0, 0.1) is 13.8 Å². The van der Waals surface area contributed by atoms with E-state index in [1.54, 1.807) is 18.3 Å². The second kappa shape index (κ2) is 8.83. The van der Waals surface area contributed by atoms with E-state index in [1.807, 2.05) is 23.2 Å². The van der Waals surface area contributed by atoms with Crippen molar-refractivity contribution in [2.75, 3.05) is 36.8 Å². The number of carbonyl (C=O) groups is 1. The van der Waals surface area contributed by atoms with E-state index >= 15 is 0 Å². The van der Waals surface area contributed by atoms with Crippen LogP contribution in [0.5, 0.6) is 5.75 Å². The van der Waals surface area contributed by atoms with Gasteiger partial charge in [-0.05, 0) is 55.3 Å². The molecule has 1 amide bonds. The van der Waals surface area contributed by atoms with Gasteiger partial charge in [-0.3, -0.25) is 9.36 Å². The number of carbonyl (C=O) groups excluding carboxylic acids is 1. The van der Waals surface area contributed by atoms with E-state index in [9.17, 15) is 9.90 Å². The van der Waals surface area contributed by atoms with Gasteiger partial charge in [0.05, 0.1) is 11.4 Å². The third-order valence-corrected chi connectivity index (χ3v) is 6.35. The molecule has 1 saturated heterocycles. The van der Waals surface area contributed by atoms with Gasteiger partial charge in [-0.25, -0.2) is 4.98 Å². The Hall–Kier alpha value is -2.93. The molecule has 2 heterocycles. The Morgan fingerprint density at radius 2 is 1.80 bits per heavy atom. The zero-order chi connectivity index (χ0) is 21.1. The fourth-order valence-electron chi connectivity index (χ4n) is 3.65. The number of benzene rings is 2. The van der Waals surface area contributed by atoms with Crippen molar-refractivity contribution in [3.05, 3.63) is 66.0 Å². The summed E-state index contributed by atoms with van der Waals surface area (Å²) < 4.78 is 2.06. The number of phenols is 1. The van der Waals surface area contributed by atoms with Crippen molar-refractivity contribution in [2.24, 2.45) is 0 Å². The van der Waals surface area contributed by atoms with Crippen molar-refractivity contribution < 1.29 is 9.90 Å². The maximum absolute atomic E-state index is 12.8. The summed E-state index contributed by atoms with van der Waals surface area (Å²) in [6, 6.07) is 13.6. The largest absolute Gasteiger partial charge is 0.508 e. The zero-order valence-electron chi connectivity index (χ0n) is 17.3. The number of piperazine rings is 1. The van der Waals surface area contributed by atoms with Gasteiger partial charge in [0.2, 0.25) is 5.91 Å². The summed E-state index contributed by atoms with van der Waals surface area (Å²) in [6.07, 6.45) is 3.73. The molecule has 1 aliphatic heterocycles. The number of hydrogen-bond donors (Lipinski definition) is 1. The number of aryl methyl sites for hydroxylation is 2. The highest BCUT2D eigenvalue weighted by molar-refractivity contribution is 7.99. The van der Waals surface area contributed by atoms with Gasteiger partial charge >= 0.3 is 0 Å². The van der Waals surface area contributed by atoms with Gasteiger partial charge in [-0.15, -0.1) is 0 Å². The molecule has 6 nitrogen and oxygen atoms in total. The fourth-order valence-corrected chi connectivity index (χ4v) is 4.52. The van der Waals surface area contributed by atoms with Crippen LogP contribution >= 0.6 is 11.8 Å². The van der Waals surface area contributed by atoms with Gasteiger partial charge in [0.1, 0.15) is 5.75 Å². The summed E-state index contributed by atoms with van der Waals surface area (Å²) in [5.41, 5.74) is 4.55. The molecule has 0 aliphatic carbocycles. The van der Waals surface area contributed by atoms with Gasteiger partial charge < -0.3 is 14.9 Å². The Balaban J connectivity index is 1.35. The molecule has 1 aromatic heterocycles. The number of aromatic hydroxyl groups is 1. The van der Waals surface area contributed by atoms with Gasteiger partial charge in [0.15, 0.2) is 5.16 Å². The number of aromatic nitrogens is 2. The second-order valence-corrected chi connectivity index (χ2v) is 8.49. The molecule has 0 bridgehead atoms. The second-order valence-electron chi connectivity index (χ2n) is 7.54. The van der Waals surface area contributed by atoms with E-state index in [1.165, 1.54) is 22.9 Å². The van der Waals surface area contributed by atoms with E-state index in [4.69, 9.17) is 0 Å². The SMILES string of the molecule is Cc1ccc(C)c(-n2ccnc2SCC(=O)N2CCN(c3ccc(O)cc3)CC2)c1. The number of anilines is 1. The molecule has 156 valence electrons. The van der Waals surface area contributed by atoms with Crippen LogP contribution in [0.1, 0.15) is 11.1 Å². The molecule has 1 fully saturated rings. The van der Waals surface area contributed by atoms with Crippen LogP contribution < -0.4 is 4.90 Å². The highest BCUT2D eigenvalue weighted by Crippen LogP contribution is 2.24. The van der Waals surface area contributed by atoms with Crippen LogP contribution in [0.15, 0.2) is 60.0 Å². The van der Waals surface area contributed by atoms with Crippen LogP contribution in [-0.2, 0) is 4.79 Å². The van der Waals surface area contributed by atoms with Gasteiger partial charge in [-0.2, -0.15) is 0 Å². The minimum atomic E-state index is 0.140. The Morgan fingerprint density at radius 1 is 1.07 bits per heavy atom. The maximum Gasteiger partial charge on any atom is 0.233 e. The molecular formula is C23H26N4O2S. The number of amides is 1. The van der Waals surface area contributed by atoms with Crippen LogP contribution in [0.4, 0.5) is 5.69 Å². The highest BCUT2D eigenvalue weighted by atomic mass is 32.2. The molecule has 0 saturated carbocycles. The molecule has 0 atom stereocenters. The van der Waals surface area contributed by atoms with Crippen LogP contribution in [0.2, 0.25) is 0 Å². The quantitative estimate of drug-likeness (QED) is 0.636. The van der Waals surface area contributed by atoms with E-state index < -0.39 is 0 Å². The smallest absolute Gasteiger partial charge is 0.233 e. The van der Waals surface area contributed by atoms with Crippen molar-refractivity contribution in [1.29, 1.82) is 0 Å². The Kier molecular flexibility index (Phi) is 5.99. The number of rotatable bonds is 5. The number of hydrogen-bond acceptors (Lipinski definition) is 5. The summed E-state index contributed by atoms with van der Waals surface area (Å²) in [4.78, 5) is 21.4. The average Bonchev–Trinajstić information content (AvgIpc) is 3.23. The van der Waals surface area contributed by atoms with Gasteiger partial charge in [0.25, 0.3) is 0 Å². The zero-order valence-corrected chi connectivity index (χ0v) is 18.1. The standard InChI is InChI=1S/C23H26N4O2S/c1-17-3-4-18(2)21(15-17)27-10-9-24-23(27)30-16-22(29)26-13-11-25(12-14-26)19-5-7-20(28)8-6-19/h3-10,15,28H,11-14,16H2,1-2H3. The molecule has 0 radical (unpaired) electrons. The Bertz CT molecular complexity index is 1020. The molecular weight excluding hydrogens is 396 g/mol. The van der Waals surface area contributed by atoms with Gasteiger partial charge in [0, 0.05) is 44.3 Å². The molecule has 3 aromatic rings. The first-order valence-electron chi connectivity index (χ1n) is 10.1. The van der Waals surface area contributed by atoms with E-state index in [0.29, 0.717) is 18.8 Å². The highest BCUT2D eigenvalue weighted by Gasteiger charge is 2.22. The average molecular weight is 423 g/mol.